The largest absolute Gasteiger partial charge is 0.497 e. The van der Waals surface area contributed by atoms with Gasteiger partial charge in [-0.15, -0.1) is 0 Å². The topological polar surface area (TPSA) is 41.6 Å². The maximum Gasteiger partial charge on any atom is 0.242 e. The minimum Gasteiger partial charge on any atom is -0.497 e. The van der Waals surface area contributed by atoms with E-state index in [4.69, 9.17) is 4.74 Å². The standard InChI is InChI=1S/C20H24N2O2/c1-22(14-15-8-12-18(24-2)13-9-15)19(16-6-4-3-5-7-16)20(23)21-17-10-11-17/h3-9,12-13,17,19H,10-11,14H2,1-2H3,(H,21,23). The van der Waals surface area contributed by atoms with Crippen LogP contribution in [0.15, 0.2) is 54.6 Å². The van der Waals surface area contributed by atoms with Gasteiger partial charge in [-0.3, -0.25) is 9.69 Å². The molecule has 0 radical (unpaired) electrons. The van der Waals surface area contributed by atoms with Gasteiger partial charge in [0.2, 0.25) is 5.91 Å². The zero-order valence-electron chi connectivity index (χ0n) is 14.2. The maximum atomic E-state index is 12.8. The van der Waals surface area contributed by atoms with Crippen LogP contribution in [0, 0.1) is 0 Å². The van der Waals surface area contributed by atoms with Crippen LogP contribution in [0.3, 0.4) is 0 Å². The first kappa shape index (κ1) is 16.5. The summed E-state index contributed by atoms with van der Waals surface area (Å²) in [6, 6.07) is 18.0. The summed E-state index contributed by atoms with van der Waals surface area (Å²) in [5.41, 5.74) is 2.17. The third-order valence-electron chi connectivity index (χ3n) is 4.32. The van der Waals surface area contributed by atoms with E-state index in [0.29, 0.717) is 12.6 Å². The number of amides is 1. The molecule has 1 fully saturated rings. The predicted octanol–water partition coefficient (Wildman–Crippen LogP) is 3.15. The molecule has 0 aromatic heterocycles. The Morgan fingerprint density at radius 3 is 2.42 bits per heavy atom. The van der Waals surface area contributed by atoms with Gasteiger partial charge in [-0.1, -0.05) is 42.5 Å². The van der Waals surface area contributed by atoms with Crippen LogP contribution >= 0.6 is 0 Å². The van der Waals surface area contributed by atoms with E-state index in [9.17, 15) is 4.79 Å². The van der Waals surface area contributed by atoms with Crippen molar-refractivity contribution in [2.45, 2.75) is 31.5 Å². The number of likely N-dealkylation sites (N-methyl/N-ethyl adjacent to an activating group) is 1. The van der Waals surface area contributed by atoms with Crippen LogP contribution in [-0.4, -0.2) is 31.0 Å². The highest BCUT2D eigenvalue weighted by Crippen LogP contribution is 2.25. The summed E-state index contributed by atoms with van der Waals surface area (Å²) >= 11 is 0. The number of rotatable bonds is 7. The third kappa shape index (κ3) is 4.15. The molecule has 3 rings (SSSR count). The lowest BCUT2D eigenvalue weighted by molar-refractivity contribution is -0.126. The molecule has 0 heterocycles. The molecule has 0 aliphatic heterocycles. The second kappa shape index (κ2) is 7.49. The zero-order chi connectivity index (χ0) is 16.9. The predicted molar refractivity (Wildman–Crippen MR) is 94.8 cm³/mol. The van der Waals surface area contributed by atoms with Crippen molar-refractivity contribution in [1.29, 1.82) is 0 Å². The zero-order valence-corrected chi connectivity index (χ0v) is 14.2. The SMILES string of the molecule is COc1ccc(CN(C)C(C(=O)NC2CC2)c2ccccc2)cc1. The molecule has 2 aromatic carbocycles. The van der Waals surface area contributed by atoms with Gasteiger partial charge in [-0.25, -0.2) is 0 Å². The van der Waals surface area contributed by atoms with Gasteiger partial charge < -0.3 is 10.1 Å². The van der Waals surface area contributed by atoms with Gasteiger partial charge in [0.1, 0.15) is 11.8 Å². The molecule has 1 unspecified atom stereocenters. The van der Waals surface area contributed by atoms with Crippen LogP contribution in [-0.2, 0) is 11.3 Å². The van der Waals surface area contributed by atoms with Crippen molar-refractivity contribution in [1.82, 2.24) is 10.2 Å². The normalized spacial score (nSPS) is 15.1. The van der Waals surface area contributed by atoms with Crippen LogP contribution in [0.2, 0.25) is 0 Å². The quantitative estimate of drug-likeness (QED) is 0.851. The van der Waals surface area contributed by atoms with E-state index in [2.05, 4.69) is 10.2 Å². The van der Waals surface area contributed by atoms with Gasteiger partial charge in [0.05, 0.1) is 7.11 Å². The molecule has 4 heteroatoms. The highest BCUT2D eigenvalue weighted by Gasteiger charge is 2.30. The smallest absolute Gasteiger partial charge is 0.242 e. The number of carbonyl (C=O) groups is 1. The Labute approximate surface area is 143 Å². The number of nitrogens with one attached hydrogen (secondary N) is 1. The van der Waals surface area contributed by atoms with Gasteiger partial charge in [0, 0.05) is 12.6 Å². The molecule has 1 aliphatic carbocycles. The molecular formula is C20H24N2O2. The van der Waals surface area contributed by atoms with E-state index in [1.165, 1.54) is 0 Å². The van der Waals surface area contributed by atoms with Gasteiger partial charge in [-0.2, -0.15) is 0 Å². The molecule has 24 heavy (non-hydrogen) atoms. The number of methoxy groups -OCH3 is 1. The number of carbonyl (C=O) groups excluding carboxylic acids is 1. The Morgan fingerprint density at radius 1 is 1.17 bits per heavy atom. The Bertz CT molecular complexity index is 666. The van der Waals surface area contributed by atoms with Crippen molar-refractivity contribution >= 4 is 5.91 Å². The summed E-state index contributed by atoms with van der Waals surface area (Å²) in [5.74, 6) is 0.923. The molecule has 126 valence electrons. The van der Waals surface area contributed by atoms with Crippen LogP contribution in [0.4, 0.5) is 0 Å². The molecule has 4 nitrogen and oxygen atoms in total. The van der Waals surface area contributed by atoms with Crippen molar-refractivity contribution in [2.24, 2.45) is 0 Å². The number of nitrogens with zero attached hydrogens (tertiary/aromatic N) is 1. The van der Waals surface area contributed by atoms with Crippen molar-refractivity contribution in [3.05, 3.63) is 65.7 Å². The highest BCUT2D eigenvalue weighted by molar-refractivity contribution is 5.83. The molecule has 1 amide bonds. The Kier molecular flexibility index (Phi) is 5.16. The average molecular weight is 324 g/mol. The minimum atomic E-state index is -0.283. The highest BCUT2D eigenvalue weighted by atomic mass is 16.5. The van der Waals surface area contributed by atoms with Crippen molar-refractivity contribution in [2.75, 3.05) is 14.2 Å². The number of hydrogen-bond acceptors (Lipinski definition) is 3. The summed E-state index contributed by atoms with van der Waals surface area (Å²) < 4.78 is 5.20. The second-order valence-corrected chi connectivity index (χ2v) is 6.36. The van der Waals surface area contributed by atoms with Gasteiger partial charge in [0.25, 0.3) is 0 Å². The Hall–Kier alpha value is -2.33. The molecule has 0 saturated heterocycles. The third-order valence-corrected chi connectivity index (χ3v) is 4.32. The summed E-state index contributed by atoms with van der Waals surface area (Å²) in [6.07, 6.45) is 2.19. The number of ether oxygens (including phenoxy) is 1. The Morgan fingerprint density at radius 2 is 1.83 bits per heavy atom. The fourth-order valence-corrected chi connectivity index (χ4v) is 2.86. The lowest BCUT2D eigenvalue weighted by Crippen LogP contribution is -2.39. The number of benzene rings is 2. The first-order chi connectivity index (χ1) is 11.7. The van der Waals surface area contributed by atoms with Crippen molar-refractivity contribution in [3.8, 4) is 5.75 Å². The van der Waals surface area contributed by atoms with Crippen LogP contribution < -0.4 is 10.1 Å². The lowest BCUT2D eigenvalue weighted by atomic mass is 10.0. The maximum absolute atomic E-state index is 12.8. The molecule has 0 spiro atoms. The van der Waals surface area contributed by atoms with E-state index in [0.717, 1.165) is 29.7 Å². The molecule has 1 N–H and O–H groups in total. The fourth-order valence-electron chi connectivity index (χ4n) is 2.86. The molecule has 2 aromatic rings. The summed E-state index contributed by atoms with van der Waals surface area (Å²) in [7, 11) is 3.66. The monoisotopic (exact) mass is 324 g/mol. The summed E-state index contributed by atoms with van der Waals surface area (Å²) in [6.45, 7) is 0.696. The fraction of sp³-hybridized carbons (Fsp3) is 0.350. The lowest BCUT2D eigenvalue weighted by Gasteiger charge is -2.27. The Balaban J connectivity index is 1.76. The minimum absolute atomic E-state index is 0.0831. The van der Waals surface area contributed by atoms with E-state index >= 15 is 0 Å². The molecule has 1 saturated carbocycles. The van der Waals surface area contributed by atoms with Crippen molar-refractivity contribution in [3.63, 3.8) is 0 Å². The van der Waals surface area contributed by atoms with Gasteiger partial charge in [-0.05, 0) is 43.1 Å². The van der Waals surface area contributed by atoms with Crippen LogP contribution in [0.5, 0.6) is 5.75 Å². The van der Waals surface area contributed by atoms with E-state index in [1.807, 2.05) is 61.6 Å². The van der Waals surface area contributed by atoms with Crippen molar-refractivity contribution < 1.29 is 9.53 Å². The van der Waals surface area contributed by atoms with E-state index in [-0.39, 0.29) is 11.9 Å². The molecule has 1 atom stereocenters. The first-order valence-electron chi connectivity index (χ1n) is 8.36. The average Bonchev–Trinajstić information content (AvgIpc) is 3.40. The second-order valence-electron chi connectivity index (χ2n) is 6.36. The van der Waals surface area contributed by atoms with Crippen LogP contribution in [0.25, 0.3) is 0 Å². The van der Waals surface area contributed by atoms with Gasteiger partial charge in [0.15, 0.2) is 0 Å². The van der Waals surface area contributed by atoms with Gasteiger partial charge >= 0.3 is 0 Å². The first-order valence-corrected chi connectivity index (χ1v) is 8.36. The number of hydrogen-bond donors (Lipinski definition) is 1. The van der Waals surface area contributed by atoms with Crippen LogP contribution in [0.1, 0.15) is 30.0 Å². The van der Waals surface area contributed by atoms with E-state index < -0.39 is 0 Å². The van der Waals surface area contributed by atoms with E-state index in [1.54, 1.807) is 7.11 Å². The molecular weight excluding hydrogens is 300 g/mol. The molecule has 0 bridgehead atoms. The summed E-state index contributed by atoms with van der Waals surface area (Å²) in [5, 5.41) is 3.14. The molecule has 1 aliphatic rings. The summed E-state index contributed by atoms with van der Waals surface area (Å²) in [4.78, 5) is 14.8.